The van der Waals surface area contributed by atoms with Gasteiger partial charge in [0.15, 0.2) is 5.82 Å². The lowest BCUT2D eigenvalue weighted by molar-refractivity contribution is 0.568. The van der Waals surface area contributed by atoms with Crippen molar-refractivity contribution in [1.82, 2.24) is 9.97 Å². The van der Waals surface area contributed by atoms with Gasteiger partial charge in [0.05, 0.1) is 21.3 Å². The fourth-order valence-corrected chi connectivity index (χ4v) is 2.24. The third kappa shape index (κ3) is 2.99. The number of anilines is 1. The van der Waals surface area contributed by atoms with Crippen molar-refractivity contribution in [3.63, 3.8) is 0 Å². The van der Waals surface area contributed by atoms with E-state index in [-0.39, 0.29) is 5.41 Å². The Morgan fingerprint density at radius 3 is 2.16 bits per heavy atom. The van der Waals surface area contributed by atoms with Crippen LogP contribution in [0.15, 0.2) is 24.3 Å². The molecule has 0 radical (unpaired) electrons. The zero-order valence-corrected chi connectivity index (χ0v) is 12.5. The molecule has 1 heterocycles. The Kier molecular flexibility index (Phi) is 3.70. The predicted molar refractivity (Wildman–Crippen MR) is 80.6 cm³/mol. The lowest BCUT2D eigenvalue weighted by atomic mass is 9.92. The smallest absolute Gasteiger partial charge is 0.164 e. The van der Waals surface area contributed by atoms with Crippen molar-refractivity contribution in [2.24, 2.45) is 0 Å². The molecule has 2 N–H and O–H groups in total. The summed E-state index contributed by atoms with van der Waals surface area (Å²) in [6.07, 6.45) is 0. The molecule has 2 rings (SSSR count). The summed E-state index contributed by atoms with van der Waals surface area (Å²) >= 11 is 12.4. The molecule has 19 heavy (non-hydrogen) atoms. The van der Waals surface area contributed by atoms with E-state index in [4.69, 9.17) is 28.9 Å². The van der Waals surface area contributed by atoms with Crippen LogP contribution in [0.1, 0.15) is 26.5 Å². The Balaban J connectivity index is 2.67. The zero-order chi connectivity index (χ0) is 14.2. The lowest BCUT2D eigenvalue weighted by Crippen LogP contribution is -2.15. The molecule has 0 fully saturated rings. The monoisotopic (exact) mass is 295 g/mol. The minimum absolute atomic E-state index is 0.125. The topological polar surface area (TPSA) is 51.8 Å². The summed E-state index contributed by atoms with van der Waals surface area (Å²) in [5.41, 5.74) is 7.20. The van der Waals surface area contributed by atoms with E-state index in [1.165, 1.54) is 0 Å². The van der Waals surface area contributed by atoms with Gasteiger partial charge in [0, 0.05) is 11.5 Å². The number of nitrogens with zero attached hydrogens (tertiary/aromatic N) is 2. The van der Waals surface area contributed by atoms with Crippen LogP contribution >= 0.6 is 23.2 Å². The molecule has 1 aromatic heterocycles. The summed E-state index contributed by atoms with van der Waals surface area (Å²) in [6, 6.07) is 7.07. The Bertz CT molecular complexity index is 598. The van der Waals surface area contributed by atoms with Gasteiger partial charge in [0.25, 0.3) is 0 Å². The van der Waals surface area contributed by atoms with Crippen LogP contribution in [0.2, 0.25) is 10.0 Å². The molecule has 1 aromatic carbocycles. The molecule has 3 nitrogen and oxygen atoms in total. The molecule has 5 heteroatoms. The minimum atomic E-state index is -0.125. The maximum atomic E-state index is 6.18. The second-order valence-electron chi connectivity index (χ2n) is 5.35. The van der Waals surface area contributed by atoms with Gasteiger partial charge in [-0.05, 0) is 12.1 Å². The second kappa shape index (κ2) is 4.99. The molecular weight excluding hydrogens is 281 g/mol. The van der Waals surface area contributed by atoms with Crippen LogP contribution in [-0.4, -0.2) is 9.97 Å². The molecule has 100 valence electrons. The number of benzene rings is 1. The fraction of sp³-hybridized carbons (Fsp3) is 0.286. The Morgan fingerprint density at radius 2 is 1.63 bits per heavy atom. The van der Waals surface area contributed by atoms with E-state index < -0.39 is 0 Å². The van der Waals surface area contributed by atoms with Crippen molar-refractivity contribution in [2.75, 3.05) is 5.73 Å². The van der Waals surface area contributed by atoms with E-state index in [0.717, 1.165) is 5.69 Å². The SMILES string of the molecule is CC(C)(C)c1cc(N)nc(-c2c(Cl)cccc2Cl)n1. The van der Waals surface area contributed by atoms with Crippen LogP contribution < -0.4 is 5.73 Å². The molecule has 0 amide bonds. The van der Waals surface area contributed by atoms with E-state index in [2.05, 4.69) is 30.7 Å². The van der Waals surface area contributed by atoms with Crippen LogP contribution in [-0.2, 0) is 5.41 Å². The van der Waals surface area contributed by atoms with Crippen LogP contribution in [0.4, 0.5) is 5.82 Å². The second-order valence-corrected chi connectivity index (χ2v) is 6.16. The molecule has 0 unspecified atom stereocenters. The summed E-state index contributed by atoms with van der Waals surface area (Å²) in [7, 11) is 0. The average molecular weight is 296 g/mol. The molecule has 0 bridgehead atoms. The van der Waals surface area contributed by atoms with Crippen LogP contribution in [0.25, 0.3) is 11.4 Å². The standard InChI is InChI=1S/C14H15Cl2N3/c1-14(2,3)10-7-11(17)19-13(18-10)12-8(15)5-4-6-9(12)16/h4-7H,1-3H3,(H2,17,18,19). The molecular formula is C14H15Cl2N3. The number of halogens is 2. The fourth-order valence-electron chi connectivity index (χ4n) is 1.67. The molecule has 0 aliphatic rings. The maximum absolute atomic E-state index is 6.18. The highest BCUT2D eigenvalue weighted by molar-refractivity contribution is 6.38. The van der Waals surface area contributed by atoms with Gasteiger partial charge in [-0.15, -0.1) is 0 Å². The quantitative estimate of drug-likeness (QED) is 0.852. The molecule has 0 spiro atoms. The van der Waals surface area contributed by atoms with Gasteiger partial charge in [-0.25, -0.2) is 9.97 Å². The van der Waals surface area contributed by atoms with Gasteiger partial charge >= 0.3 is 0 Å². The summed E-state index contributed by atoms with van der Waals surface area (Å²) in [5, 5.41) is 1.02. The summed E-state index contributed by atoms with van der Waals surface area (Å²) in [5.74, 6) is 0.867. The molecule has 0 saturated carbocycles. The van der Waals surface area contributed by atoms with Crippen molar-refractivity contribution in [2.45, 2.75) is 26.2 Å². The number of hydrogen-bond donors (Lipinski definition) is 1. The van der Waals surface area contributed by atoms with Gasteiger partial charge in [-0.2, -0.15) is 0 Å². The van der Waals surface area contributed by atoms with Crippen LogP contribution in [0.5, 0.6) is 0 Å². The first-order valence-electron chi connectivity index (χ1n) is 5.88. The Hall–Kier alpha value is -1.32. The number of nitrogen functional groups attached to an aromatic ring is 1. The zero-order valence-electron chi connectivity index (χ0n) is 11.0. The van der Waals surface area contributed by atoms with Crippen LogP contribution in [0, 0.1) is 0 Å². The molecule has 0 atom stereocenters. The van der Waals surface area contributed by atoms with Gasteiger partial charge in [0.1, 0.15) is 5.82 Å². The summed E-state index contributed by atoms with van der Waals surface area (Å²) in [4.78, 5) is 8.77. The lowest BCUT2D eigenvalue weighted by Gasteiger charge is -2.19. The van der Waals surface area contributed by atoms with Crippen molar-refractivity contribution in [1.29, 1.82) is 0 Å². The highest BCUT2D eigenvalue weighted by Crippen LogP contribution is 2.34. The van der Waals surface area contributed by atoms with E-state index in [0.29, 0.717) is 27.3 Å². The normalized spacial score (nSPS) is 11.6. The Labute approximate surface area is 122 Å². The van der Waals surface area contributed by atoms with E-state index in [1.54, 1.807) is 24.3 Å². The molecule has 2 aromatic rings. The molecule has 0 aliphatic carbocycles. The summed E-state index contributed by atoms with van der Waals surface area (Å²) < 4.78 is 0. The number of aromatic nitrogens is 2. The molecule has 0 aliphatic heterocycles. The van der Waals surface area contributed by atoms with E-state index in [1.807, 2.05) is 0 Å². The van der Waals surface area contributed by atoms with Crippen LogP contribution in [0.3, 0.4) is 0 Å². The van der Waals surface area contributed by atoms with Gasteiger partial charge in [0.2, 0.25) is 0 Å². The van der Waals surface area contributed by atoms with Crippen molar-refractivity contribution in [3.05, 3.63) is 40.0 Å². The molecule has 0 saturated heterocycles. The third-order valence-electron chi connectivity index (χ3n) is 2.70. The largest absolute Gasteiger partial charge is 0.384 e. The predicted octanol–water partition coefficient (Wildman–Crippen LogP) is 4.33. The van der Waals surface area contributed by atoms with E-state index >= 15 is 0 Å². The first-order valence-corrected chi connectivity index (χ1v) is 6.64. The first kappa shape index (κ1) is 14.1. The van der Waals surface area contributed by atoms with Crippen molar-refractivity contribution >= 4 is 29.0 Å². The number of nitrogens with two attached hydrogens (primary N) is 1. The minimum Gasteiger partial charge on any atom is -0.384 e. The maximum Gasteiger partial charge on any atom is 0.164 e. The highest BCUT2D eigenvalue weighted by atomic mass is 35.5. The van der Waals surface area contributed by atoms with Crippen molar-refractivity contribution in [3.8, 4) is 11.4 Å². The average Bonchev–Trinajstić information content (AvgIpc) is 2.26. The first-order chi connectivity index (χ1) is 8.79. The van der Waals surface area contributed by atoms with Gasteiger partial charge < -0.3 is 5.73 Å². The van der Waals surface area contributed by atoms with Gasteiger partial charge in [-0.3, -0.25) is 0 Å². The highest BCUT2D eigenvalue weighted by Gasteiger charge is 2.19. The van der Waals surface area contributed by atoms with Gasteiger partial charge in [-0.1, -0.05) is 50.0 Å². The number of hydrogen-bond acceptors (Lipinski definition) is 3. The summed E-state index contributed by atoms with van der Waals surface area (Å²) in [6.45, 7) is 6.19. The van der Waals surface area contributed by atoms with E-state index in [9.17, 15) is 0 Å². The number of rotatable bonds is 1. The third-order valence-corrected chi connectivity index (χ3v) is 3.33. The Morgan fingerprint density at radius 1 is 1.05 bits per heavy atom. The van der Waals surface area contributed by atoms with Crippen molar-refractivity contribution < 1.29 is 0 Å².